The maximum absolute atomic E-state index is 12.1. The molecule has 7 nitrogen and oxygen atoms in total. The van der Waals surface area contributed by atoms with Gasteiger partial charge in [0.15, 0.2) is 0 Å². The molecule has 0 bridgehead atoms. The molecule has 1 aliphatic heterocycles. The Hall–Kier alpha value is -1.90. The van der Waals surface area contributed by atoms with Crippen LogP contribution in [0.3, 0.4) is 0 Å². The molecule has 124 valence electrons. The van der Waals surface area contributed by atoms with Gasteiger partial charge in [0.2, 0.25) is 0 Å². The monoisotopic (exact) mass is 336 g/mol. The van der Waals surface area contributed by atoms with E-state index in [-0.39, 0.29) is 6.54 Å². The summed E-state index contributed by atoms with van der Waals surface area (Å²) in [6.45, 7) is 1.32. The van der Waals surface area contributed by atoms with E-state index >= 15 is 0 Å². The van der Waals surface area contributed by atoms with E-state index in [2.05, 4.69) is 14.7 Å². The molecule has 2 N–H and O–H groups in total. The van der Waals surface area contributed by atoms with Crippen molar-refractivity contribution in [3.8, 4) is 17.0 Å². The number of methoxy groups -OCH3 is 1. The number of benzene rings is 1. The number of H-pyrrole nitrogens is 1. The summed E-state index contributed by atoms with van der Waals surface area (Å²) in [6.07, 6.45) is 3.54. The summed E-state index contributed by atoms with van der Waals surface area (Å²) < 4.78 is 33.4. The van der Waals surface area contributed by atoms with Gasteiger partial charge < -0.3 is 9.72 Å². The van der Waals surface area contributed by atoms with Gasteiger partial charge in [0.05, 0.1) is 25.5 Å². The molecule has 0 atom stereocenters. The van der Waals surface area contributed by atoms with Crippen LogP contribution in [0.2, 0.25) is 0 Å². The van der Waals surface area contributed by atoms with E-state index in [1.807, 2.05) is 24.3 Å². The lowest BCUT2D eigenvalue weighted by Gasteiger charge is -2.15. The van der Waals surface area contributed by atoms with Gasteiger partial charge in [-0.05, 0) is 42.7 Å². The molecular formula is C15H20N4O3S. The van der Waals surface area contributed by atoms with E-state index in [1.165, 1.54) is 4.31 Å². The number of aromatic nitrogens is 2. The summed E-state index contributed by atoms with van der Waals surface area (Å²) in [5.74, 6) is 1.37. The summed E-state index contributed by atoms with van der Waals surface area (Å²) in [7, 11) is -1.79. The van der Waals surface area contributed by atoms with E-state index in [9.17, 15) is 8.42 Å². The van der Waals surface area contributed by atoms with Crippen LogP contribution < -0.4 is 9.46 Å². The lowest BCUT2D eigenvalue weighted by atomic mass is 10.2. The van der Waals surface area contributed by atoms with E-state index in [0.29, 0.717) is 18.9 Å². The molecule has 3 rings (SSSR count). The van der Waals surface area contributed by atoms with Crippen LogP contribution in [-0.2, 0) is 16.8 Å². The van der Waals surface area contributed by atoms with Crippen molar-refractivity contribution >= 4 is 10.2 Å². The number of hydrogen-bond donors (Lipinski definition) is 2. The first-order valence-electron chi connectivity index (χ1n) is 7.51. The molecule has 1 aliphatic rings. The SMILES string of the molecule is COc1ccc(-c2cnc(CNS(=O)(=O)N3CCCC3)[nH]2)cc1. The van der Waals surface area contributed by atoms with Crippen LogP contribution in [0.1, 0.15) is 18.7 Å². The van der Waals surface area contributed by atoms with Gasteiger partial charge in [0.25, 0.3) is 10.2 Å². The van der Waals surface area contributed by atoms with Crippen molar-refractivity contribution in [3.05, 3.63) is 36.3 Å². The Bertz CT molecular complexity index is 749. The number of ether oxygens (including phenoxy) is 1. The molecule has 0 radical (unpaired) electrons. The van der Waals surface area contributed by atoms with Crippen molar-refractivity contribution in [1.82, 2.24) is 19.0 Å². The highest BCUT2D eigenvalue weighted by Crippen LogP contribution is 2.20. The largest absolute Gasteiger partial charge is 0.497 e. The van der Waals surface area contributed by atoms with Crippen LogP contribution in [0, 0.1) is 0 Å². The quantitative estimate of drug-likeness (QED) is 0.837. The number of imidazole rings is 1. The number of nitrogens with one attached hydrogen (secondary N) is 2. The molecule has 23 heavy (non-hydrogen) atoms. The Morgan fingerprint density at radius 2 is 1.96 bits per heavy atom. The first-order valence-corrected chi connectivity index (χ1v) is 8.95. The maximum atomic E-state index is 12.1. The van der Waals surface area contributed by atoms with Gasteiger partial charge in [-0.25, -0.2) is 4.98 Å². The Labute approximate surface area is 135 Å². The van der Waals surface area contributed by atoms with Crippen molar-refractivity contribution in [2.24, 2.45) is 0 Å². The maximum Gasteiger partial charge on any atom is 0.279 e. The summed E-state index contributed by atoms with van der Waals surface area (Å²) in [5, 5.41) is 0. The van der Waals surface area contributed by atoms with E-state index in [4.69, 9.17) is 4.74 Å². The summed E-state index contributed by atoms with van der Waals surface area (Å²) in [6, 6.07) is 7.58. The predicted molar refractivity (Wildman–Crippen MR) is 87.1 cm³/mol. The third-order valence-electron chi connectivity index (χ3n) is 3.86. The van der Waals surface area contributed by atoms with Gasteiger partial charge in [0.1, 0.15) is 11.6 Å². The fourth-order valence-corrected chi connectivity index (χ4v) is 3.79. The van der Waals surface area contributed by atoms with Crippen LogP contribution in [-0.4, -0.2) is 42.9 Å². The summed E-state index contributed by atoms with van der Waals surface area (Å²) in [5.41, 5.74) is 1.80. The molecule has 8 heteroatoms. The third kappa shape index (κ3) is 3.72. The summed E-state index contributed by atoms with van der Waals surface area (Å²) >= 11 is 0. The van der Waals surface area contributed by atoms with E-state index < -0.39 is 10.2 Å². The van der Waals surface area contributed by atoms with Crippen molar-refractivity contribution in [1.29, 1.82) is 0 Å². The molecule has 0 unspecified atom stereocenters. The lowest BCUT2D eigenvalue weighted by Crippen LogP contribution is -2.38. The molecule has 0 amide bonds. The molecule has 0 aliphatic carbocycles. The van der Waals surface area contributed by atoms with Crippen molar-refractivity contribution in [2.45, 2.75) is 19.4 Å². The van der Waals surface area contributed by atoms with Crippen molar-refractivity contribution in [3.63, 3.8) is 0 Å². The smallest absolute Gasteiger partial charge is 0.279 e. The van der Waals surface area contributed by atoms with Gasteiger partial charge >= 0.3 is 0 Å². The van der Waals surface area contributed by atoms with Gasteiger partial charge in [-0.3, -0.25) is 0 Å². The fourth-order valence-electron chi connectivity index (χ4n) is 2.55. The standard InChI is InChI=1S/C15H20N4O3S/c1-22-13-6-4-12(5-7-13)14-10-16-15(18-14)11-17-23(20,21)19-8-2-3-9-19/h4-7,10,17H,2-3,8-9,11H2,1H3,(H,16,18). The highest BCUT2D eigenvalue weighted by Gasteiger charge is 2.24. The molecule has 1 fully saturated rings. The van der Waals surface area contributed by atoms with Gasteiger partial charge in [-0.15, -0.1) is 0 Å². The highest BCUT2D eigenvalue weighted by molar-refractivity contribution is 7.87. The lowest BCUT2D eigenvalue weighted by molar-refractivity contribution is 0.415. The first-order chi connectivity index (χ1) is 11.1. The minimum atomic E-state index is -3.42. The first kappa shape index (κ1) is 16.0. The molecule has 0 saturated carbocycles. The Kier molecular flexibility index (Phi) is 4.65. The van der Waals surface area contributed by atoms with Crippen LogP contribution in [0.15, 0.2) is 30.5 Å². The number of nitrogens with zero attached hydrogens (tertiary/aromatic N) is 2. The molecule has 1 aromatic heterocycles. The normalized spacial score (nSPS) is 15.9. The number of rotatable bonds is 6. The molecule has 1 aromatic carbocycles. The minimum Gasteiger partial charge on any atom is -0.497 e. The topological polar surface area (TPSA) is 87.3 Å². The average molecular weight is 336 g/mol. The summed E-state index contributed by atoms with van der Waals surface area (Å²) in [4.78, 5) is 7.37. The van der Waals surface area contributed by atoms with Gasteiger partial charge in [-0.1, -0.05) is 0 Å². The predicted octanol–water partition coefficient (Wildman–Crippen LogP) is 1.52. The molecule has 2 aromatic rings. The van der Waals surface area contributed by atoms with Crippen LogP contribution >= 0.6 is 0 Å². The molecule has 1 saturated heterocycles. The van der Waals surface area contributed by atoms with E-state index in [1.54, 1.807) is 13.3 Å². The van der Waals surface area contributed by atoms with Crippen LogP contribution in [0.25, 0.3) is 11.3 Å². The Balaban J connectivity index is 1.65. The van der Waals surface area contributed by atoms with Crippen LogP contribution in [0.5, 0.6) is 5.75 Å². The Morgan fingerprint density at radius 1 is 1.26 bits per heavy atom. The molecule has 2 heterocycles. The fraction of sp³-hybridized carbons (Fsp3) is 0.400. The van der Waals surface area contributed by atoms with Crippen molar-refractivity contribution < 1.29 is 13.2 Å². The van der Waals surface area contributed by atoms with Gasteiger partial charge in [0, 0.05) is 13.1 Å². The zero-order valence-electron chi connectivity index (χ0n) is 12.9. The average Bonchev–Trinajstić information content (AvgIpc) is 3.25. The molecular weight excluding hydrogens is 316 g/mol. The number of hydrogen-bond acceptors (Lipinski definition) is 4. The highest BCUT2D eigenvalue weighted by atomic mass is 32.2. The number of aromatic amines is 1. The second kappa shape index (κ2) is 6.69. The third-order valence-corrected chi connectivity index (χ3v) is 5.41. The second-order valence-electron chi connectivity index (χ2n) is 5.40. The van der Waals surface area contributed by atoms with Crippen molar-refractivity contribution in [2.75, 3.05) is 20.2 Å². The minimum absolute atomic E-state index is 0.148. The molecule has 0 spiro atoms. The zero-order valence-corrected chi connectivity index (χ0v) is 13.8. The second-order valence-corrected chi connectivity index (χ2v) is 7.16. The van der Waals surface area contributed by atoms with Gasteiger partial charge in [-0.2, -0.15) is 17.4 Å². The Morgan fingerprint density at radius 3 is 2.61 bits per heavy atom. The van der Waals surface area contributed by atoms with Crippen LogP contribution in [0.4, 0.5) is 0 Å². The zero-order chi connectivity index (χ0) is 16.3. The van der Waals surface area contributed by atoms with E-state index in [0.717, 1.165) is 29.8 Å².